The van der Waals surface area contributed by atoms with Gasteiger partial charge >= 0.3 is 0 Å². The van der Waals surface area contributed by atoms with Crippen LogP contribution in [-0.2, 0) is 0 Å². The first kappa shape index (κ1) is 21.5. The van der Waals surface area contributed by atoms with Gasteiger partial charge in [-0.05, 0) is 25.1 Å². The fourth-order valence-corrected chi connectivity index (χ4v) is 3.37. The first-order valence-electron chi connectivity index (χ1n) is 9.20. The summed E-state index contributed by atoms with van der Waals surface area (Å²) in [5.74, 6) is 1.87. The summed E-state index contributed by atoms with van der Waals surface area (Å²) in [6.07, 6.45) is 0. The van der Waals surface area contributed by atoms with E-state index in [0.29, 0.717) is 46.2 Å². The van der Waals surface area contributed by atoms with Crippen LogP contribution in [0.25, 0.3) is 22.4 Å². The molecule has 0 aliphatic heterocycles. The van der Waals surface area contributed by atoms with E-state index in [9.17, 15) is 5.26 Å². The first-order valence-corrected chi connectivity index (χ1v) is 9.99. The lowest BCUT2D eigenvalue weighted by atomic mass is 9.96. The molecule has 154 valence electrons. The molecule has 2 aromatic carbocycles. The Morgan fingerprint density at radius 1 is 0.967 bits per heavy atom. The van der Waals surface area contributed by atoms with Crippen LogP contribution in [0, 0.1) is 11.3 Å². The third-order valence-electron chi connectivity index (χ3n) is 4.50. The summed E-state index contributed by atoms with van der Waals surface area (Å²) in [5.41, 5.74) is 3.08. The molecule has 0 atom stereocenters. The molecule has 6 nitrogen and oxygen atoms in total. The summed E-state index contributed by atoms with van der Waals surface area (Å²) in [6.45, 7) is 2.23. The van der Waals surface area contributed by atoms with Crippen molar-refractivity contribution >= 4 is 15.9 Å². The minimum Gasteiger partial charge on any atom is -0.496 e. The normalized spacial score (nSPS) is 10.3. The highest BCUT2D eigenvalue weighted by molar-refractivity contribution is 9.10. The predicted octanol–water partition coefficient (Wildman–Crippen LogP) is 5.47. The van der Waals surface area contributed by atoms with Crippen LogP contribution < -0.4 is 18.9 Å². The van der Waals surface area contributed by atoms with Crippen molar-refractivity contribution in [1.82, 2.24) is 4.98 Å². The molecule has 7 heteroatoms. The largest absolute Gasteiger partial charge is 0.496 e. The van der Waals surface area contributed by atoms with Gasteiger partial charge in [-0.2, -0.15) is 5.26 Å². The lowest BCUT2D eigenvalue weighted by molar-refractivity contribution is 0.326. The summed E-state index contributed by atoms with van der Waals surface area (Å²) < 4.78 is 23.2. The smallest absolute Gasteiger partial charge is 0.232 e. The van der Waals surface area contributed by atoms with Gasteiger partial charge in [0.15, 0.2) is 0 Å². The molecule has 0 saturated carbocycles. The number of nitrogens with zero attached hydrogens (tertiary/aromatic N) is 2. The SMILES string of the molecule is CCOc1nc(-c2ccc(Br)cc2)cc(-c2c(OC)cc(OC)cc2OC)c1C#N. The number of halogens is 1. The zero-order valence-corrected chi connectivity index (χ0v) is 18.7. The van der Waals surface area contributed by atoms with E-state index >= 15 is 0 Å². The van der Waals surface area contributed by atoms with Crippen molar-refractivity contribution in [2.24, 2.45) is 0 Å². The third kappa shape index (κ3) is 4.19. The van der Waals surface area contributed by atoms with Gasteiger partial charge in [0.1, 0.15) is 28.9 Å². The fraction of sp³-hybridized carbons (Fsp3) is 0.217. The highest BCUT2D eigenvalue weighted by Crippen LogP contribution is 2.45. The number of rotatable bonds is 7. The molecule has 0 unspecified atom stereocenters. The Morgan fingerprint density at radius 2 is 1.60 bits per heavy atom. The average Bonchev–Trinajstić information content (AvgIpc) is 2.78. The molecule has 0 bridgehead atoms. The van der Waals surface area contributed by atoms with E-state index in [1.165, 1.54) is 0 Å². The Hall–Kier alpha value is -3.24. The van der Waals surface area contributed by atoms with Gasteiger partial charge in [-0.25, -0.2) is 4.98 Å². The van der Waals surface area contributed by atoms with Crippen molar-refractivity contribution in [3.05, 3.63) is 52.5 Å². The summed E-state index contributed by atoms with van der Waals surface area (Å²) in [5, 5.41) is 9.93. The van der Waals surface area contributed by atoms with E-state index in [1.807, 2.05) is 37.3 Å². The van der Waals surface area contributed by atoms with Crippen LogP contribution in [-0.4, -0.2) is 32.9 Å². The molecule has 3 rings (SSSR count). The number of pyridine rings is 1. The molecular weight excluding hydrogens is 448 g/mol. The van der Waals surface area contributed by atoms with Crippen LogP contribution >= 0.6 is 15.9 Å². The molecule has 0 amide bonds. The molecule has 0 N–H and O–H groups in total. The quantitative estimate of drug-likeness (QED) is 0.457. The summed E-state index contributed by atoms with van der Waals surface area (Å²) in [6, 6.07) is 15.3. The van der Waals surface area contributed by atoms with Crippen molar-refractivity contribution < 1.29 is 18.9 Å². The minimum absolute atomic E-state index is 0.260. The van der Waals surface area contributed by atoms with Gasteiger partial charge < -0.3 is 18.9 Å². The Bertz CT molecular complexity index is 1070. The maximum atomic E-state index is 9.93. The molecule has 1 aromatic heterocycles. The van der Waals surface area contributed by atoms with E-state index in [1.54, 1.807) is 33.5 Å². The highest BCUT2D eigenvalue weighted by atomic mass is 79.9. The van der Waals surface area contributed by atoms with Gasteiger partial charge in [0.25, 0.3) is 0 Å². The number of hydrogen-bond donors (Lipinski definition) is 0. The van der Waals surface area contributed by atoms with Gasteiger partial charge in [-0.3, -0.25) is 0 Å². The average molecular weight is 469 g/mol. The molecule has 30 heavy (non-hydrogen) atoms. The Labute approximate surface area is 184 Å². The number of benzene rings is 2. The maximum Gasteiger partial charge on any atom is 0.232 e. The van der Waals surface area contributed by atoms with Crippen LogP contribution in [0.15, 0.2) is 46.9 Å². The summed E-state index contributed by atoms with van der Waals surface area (Å²) in [7, 11) is 4.69. The highest BCUT2D eigenvalue weighted by Gasteiger charge is 2.23. The lowest BCUT2D eigenvalue weighted by Gasteiger charge is -2.18. The lowest BCUT2D eigenvalue weighted by Crippen LogP contribution is -2.03. The Balaban J connectivity index is 2.36. The van der Waals surface area contributed by atoms with Gasteiger partial charge in [0, 0.05) is 27.7 Å². The van der Waals surface area contributed by atoms with E-state index in [-0.39, 0.29) is 5.88 Å². The summed E-state index contributed by atoms with van der Waals surface area (Å²) >= 11 is 3.45. The van der Waals surface area contributed by atoms with Gasteiger partial charge in [-0.15, -0.1) is 0 Å². The van der Waals surface area contributed by atoms with Crippen molar-refractivity contribution in [3.8, 4) is 51.6 Å². The standard InChI is InChI=1S/C23H21BrN2O4/c1-5-30-23-18(13-25)17(12-19(26-23)14-6-8-15(24)9-7-14)22-20(28-3)10-16(27-2)11-21(22)29-4/h6-12H,5H2,1-4H3. The van der Waals surface area contributed by atoms with E-state index < -0.39 is 0 Å². The van der Waals surface area contributed by atoms with Crippen LogP contribution in [0.3, 0.4) is 0 Å². The molecule has 0 aliphatic carbocycles. The number of nitriles is 1. The molecule has 0 radical (unpaired) electrons. The van der Waals surface area contributed by atoms with Gasteiger partial charge in [0.05, 0.1) is 39.2 Å². The third-order valence-corrected chi connectivity index (χ3v) is 5.03. The van der Waals surface area contributed by atoms with Crippen molar-refractivity contribution in [2.75, 3.05) is 27.9 Å². The van der Waals surface area contributed by atoms with E-state index in [2.05, 4.69) is 27.0 Å². The second-order valence-corrected chi connectivity index (χ2v) is 7.11. The van der Waals surface area contributed by atoms with Crippen LogP contribution in [0.5, 0.6) is 23.1 Å². The first-order chi connectivity index (χ1) is 14.6. The zero-order chi connectivity index (χ0) is 21.7. The summed E-state index contributed by atoms with van der Waals surface area (Å²) in [4.78, 5) is 4.60. The molecule has 0 spiro atoms. The van der Waals surface area contributed by atoms with Crippen LogP contribution in [0.1, 0.15) is 12.5 Å². The van der Waals surface area contributed by atoms with Crippen molar-refractivity contribution in [1.29, 1.82) is 5.26 Å². The van der Waals surface area contributed by atoms with Crippen molar-refractivity contribution in [2.45, 2.75) is 6.92 Å². The number of methoxy groups -OCH3 is 3. The Morgan fingerprint density at radius 3 is 2.10 bits per heavy atom. The van der Waals surface area contributed by atoms with Gasteiger partial charge in [-0.1, -0.05) is 28.1 Å². The topological polar surface area (TPSA) is 73.6 Å². The number of hydrogen-bond acceptors (Lipinski definition) is 6. The fourth-order valence-electron chi connectivity index (χ4n) is 3.11. The second-order valence-electron chi connectivity index (χ2n) is 6.19. The molecule has 3 aromatic rings. The van der Waals surface area contributed by atoms with E-state index in [0.717, 1.165) is 10.0 Å². The monoisotopic (exact) mass is 468 g/mol. The maximum absolute atomic E-state index is 9.93. The molecule has 1 heterocycles. The predicted molar refractivity (Wildman–Crippen MR) is 118 cm³/mol. The molecule has 0 fully saturated rings. The second kappa shape index (κ2) is 9.51. The molecule has 0 aliphatic rings. The molecular formula is C23H21BrN2O4. The van der Waals surface area contributed by atoms with E-state index in [4.69, 9.17) is 18.9 Å². The van der Waals surface area contributed by atoms with Crippen LogP contribution in [0.4, 0.5) is 0 Å². The molecule has 0 saturated heterocycles. The Kier molecular flexibility index (Phi) is 6.80. The number of aromatic nitrogens is 1. The van der Waals surface area contributed by atoms with Crippen molar-refractivity contribution in [3.63, 3.8) is 0 Å². The minimum atomic E-state index is 0.260. The van der Waals surface area contributed by atoms with Crippen LogP contribution in [0.2, 0.25) is 0 Å². The zero-order valence-electron chi connectivity index (χ0n) is 17.2. The number of ether oxygens (including phenoxy) is 4. The van der Waals surface area contributed by atoms with Gasteiger partial charge in [0.2, 0.25) is 5.88 Å².